The van der Waals surface area contributed by atoms with E-state index >= 15 is 0 Å². The summed E-state index contributed by atoms with van der Waals surface area (Å²) in [5.41, 5.74) is 4.10. The third kappa shape index (κ3) is 7.48. The molecule has 9 heteroatoms. The van der Waals surface area contributed by atoms with E-state index in [9.17, 15) is 18.4 Å². The summed E-state index contributed by atoms with van der Waals surface area (Å²) < 4.78 is 45.4. The number of rotatable bonds is 14. The number of ether oxygens (including phenoxy) is 3. The summed E-state index contributed by atoms with van der Waals surface area (Å²) in [6.07, 6.45) is 1.36. The van der Waals surface area contributed by atoms with Crippen molar-refractivity contribution in [1.82, 2.24) is 5.48 Å². The Hall–Kier alpha value is -4.34. The van der Waals surface area contributed by atoms with Gasteiger partial charge in [-0.05, 0) is 60.2 Å². The van der Waals surface area contributed by atoms with E-state index in [1.165, 1.54) is 32.4 Å². The molecule has 0 aliphatic heterocycles. The van der Waals surface area contributed by atoms with Gasteiger partial charge in [0, 0.05) is 6.07 Å². The smallest absolute Gasteiger partial charge is 0.248 e. The van der Waals surface area contributed by atoms with Crippen LogP contribution < -0.4 is 19.7 Å². The average Bonchev–Trinajstić information content (AvgIpc) is 3.03. The standard InChI is InChI=1S/C33H35NO7S/c1-39-30-20-19-28(22-31(30)40-2)42(37,38)32(29(33(35)34-36)18-9-15-24-11-5-3-6-12-24)26-16-10-17-27(21-26)41-23-25-13-7-4-8-14-25/h3-8,10-14,16-17,19-22,29,32,36H,9,15,18,23H2,1-2H3,(H,34,35). The van der Waals surface area contributed by atoms with Crippen LogP contribution in [0, 0.1) is 5.92 Å². The molecule has 0 bridgehead atoms. The molecule has 4 aromatic rings. The number of carbonyl (C=O) groups excluding carboxylic acids is 1. The quantitative estimate of drug-likeness (QED) is 0.138. The molecular formula is C33H35NO7S. The topological polar surface area (TPSA) is 111 Å². The fraction of sp³-hybridized carbons (Fsp3) is 0.242. The van der Waals surface area contributed by atoms with Gasteiger partial charge in [0.05, 0.1) is 25.0 Å². The number of aryl methyl sites for hydroxylation is 1. The van der Waals surface area contributed by atoms with Crippen molar-refractivity contribution in [3.05, 3.63) is 120 Å². The van der Waals surface area contributed by atoms with E-state index < -0.39 is 26.9 Å². The maximum atomic E-state index is 14.4. The number of hydrogen-bond donors (Lipinski definition) is 2. The fourth-order valence-electron chi connectivity index (χ4n) is 4.96. The van der Waals surface area contributed by atoms with Crippen molar-refractivity contribution in [1.29, 1.82) is 0 Å². The number of benzene rings is 4. The zero-order valence-corrected chi connectivity index (χ0v) is 24.4. The minimum atomic E-state index is -4.21. The molecule has 0 saturated carbocycles. The summed E-state index contributed by atoms with van der Waals surface area (Å²) >= 11 is 0. The van der Waals surface area contributed by atoms with Gasteiger partial charge in [-0.25, -0.2) is 13.9 Å². The van der Waals surface area contributed by atoms with Crippen LogP contribution in [0.25, 0.3) is 0 Å². The predicted molar refractivity (Wildman–Crippen MR) is 159 cm³/mol. The van der Waals surface area contributed by atoms with E-state index in [0.29, 0.717) is 29.9 Å². The number of methoxy groups -OCH3 is 2. The number of sulfone groups is 1. The molecule has 8 nitrogen and oxygen atoms in total. The van der Waals surface area contributed by atoms with Crippen molar-refractivity contribution in [3.63, 3.8) is 0 Å². The first-order chi connectivity index (χ1) is 20.4. The van der Waals surface area contributed by atoms with Crippen LogP contribution in [0.3, 0.4) is 0 Å². The SMILES string of the molecule is COc1ccc(S(=O)(=O)C(c2cccc(OCc3ccccc3)c2)C(CCCc2ccccc2)C(=O)NO)cc1OC. The monoisotopic (exact) mass is 589 g/mol. The minimum Gasteiger partial charge on any atom is -0.493 e. The summed E-state index contributed by atoms with van der Waals surface area (Å²) in [6.45, 7) is 0.287. The number of amides is 1. The zero-order chi connectivity index (χ0) is 30.0. The molecule has 0 aliphatic carbocycles. The molecule has 0 saturated heterocycles. The van der Waals surface area contributed by atoms with Gasteiger partial charge in [0.25, 0.3) is 0 Å². The van der Waals surface area contributed by atoms with E-state index in [1.54, 1.807) is 29.7 Å². The van der Waals surface area contributed by atoms with Crippen molar-refractivity contribution >= 4 is 15.7 Å². The predicted octanol–water partition coefficient (Wildman–Crippen LogP) is 5.94. The van der Waals surface area contributed by atoms with Crippen LogP contribution in [-0.2, 0) is 27.7 Å². The molecule has 0 fully saturated rings. The normalized spacial score (nSPS) is 12.6. The second-order valence-electron chi connectivity index (χ2n) is 9.79. The Morgan fingerprint density at radius 3 is 2.12 bits per heavy atom. The Bertz CT molecular complexity index is 1560. The van der Waals surface area contributed by atoms with Gasteiger partial charge in [-0.1, -0.05) is 72.8 Å². The van der Waals surface area contributed by atoms with Crippen molar-refractivity contribution in [2.45, 2.75) is 36.0 Å². The van der Waals surface area contributed by atoms with Crippen molar-refractivity contribution < 1.29 is 32.6 Å². The summed E-state index contributed by atoms with van der Waals surface area (Å²) in [5, 5.41) is 8.38. The van der Waals surface area contributed by atoms with Gasteiger partial charge >= 0.3 is 0 Å². The number of hydroxylamine groups is 1. The molecule has 0 aliphatic rings. The number of nitrogens with one attached hydrogen (secondary N) is 1. The Balaban J connectivity index is 1.74. The molecule has 0 radical (unpaired) electrons. The fourth-order valence-corrected chi connectivity index (χ4v) is 6.98. The molecule has 220 valence electrons. The molecule has 4 aromatic carbocycles. The van der Waals surface area contributed by atoms with Crippen LogP contribution in [0.2, 0.25) is 0 Å². The maximum Gasteiger partial charge on any atom is 0.248 e. The number of hydrogen-bond acceptors (Lipinski definition) is 7. The maximum absolute atomic E-state index is 14.4. The largest absolute Gasteiger partial charge is 0.493 e. The van der Waals surface area contributed by atoms with Crippen LogP contribution in [0.5, 0.6) is 17.2 Å². The van der Waals surface area contributed by atoms with Crippen LogP contribution >= 0.6 is 0 Å². The van der Waals surface area contributed by atoms with Crippen molar-refractivity contribution in [3.8, 4) is 17.2 Å². The summed E-state index contributed by atoms with van der Waals surface area (Å²) in [4.78, 5) is 13.1. The third-order valence-corrected chi connectivity index (χ3v) is 9.27. The van der Waals surface area contributed by atoms with Crippen molar-refractivity contribution in [2.24, 2.45) is 5.92 Å². The summed E-state index contributed by atoms with van der Waals surface area (Å²) in [7, 11) is -1.32. The lowest BCUT2D eigenvalue weighted by atomic mass is 9.91. The average molecular weight is 590 g/mol. The molecule has 4 rings (SSSR count). The first kappa shape index (κ1) is 30.6. The molecular weight excluding hydrogens is 554 g/mol. The van der Waals surface area contributed by atoms with E-state index in [-0.39, 0.29) is 23.7 Å². The second kappa shape index (κ2) is 14.5. The molecule has 0 spiro atoms. The highest BCUT2D eigenvalue weighted by molar-refractivity contribution is 7.91. The lowest BCUT2D eigenvalue weighted by molar-refractivity contribution is -0.133. The van der Waals surface area contributed by atoms with Gasteiger partial charge < -0.3 is 14.2 Å². The van der Waals surface area contributed by atoms with Gasteiger partial charge in [-0.2, -0.15) is 0 Å². The van der Waals surface area contributed by atoms with E-state index in [0.717, 1.165) is 11.1 Å². The van der Waals surface area contributed by atoms with Crippen molar-refractivity contribution in [2.75, 3.05) is 14.2 Å². The molecule has 0 heterocycles. The molecule has 2 unspecified atom stereocenters. The molecule has 2 N–H and O–H groups in total. The highest BCUT2D eigenvalue weighted by Gasteiger charge is 2.40. The first-order valence-electron chi connectivity index (χ1n) is 13.6. The first-order valence-corrected chi connectivity index (χ1v) is 15.1. The highest BCUT2D eigenvalue weighted by Crippen LogP contribution is 2.41. The van der Waals surface area contributed by atoms with Crippen LogP contribution in [-0.4, -0.2) is 33.8 Å². The molecule has 42 heavy (non-hydrogen) atoms. The highest BCUT2D eigenvalue weighted by atomic mass is 32.2. The Kier molecular flexibility index (Phi) is 10.6. The van der Waals surface area contributed by atoms with Gasteiger partial charge in [0.2, 0.25) is 5.91 Å². The van der Waals surface area contributed by atoms with E-state index in [2.05, 4.69) is 0 Å². The van der Waals surface area contributed by atoms with Gasteiger partial charge in [-0.3, -0.25) is 10.0 Å². The molecule has 0 aromatic heterocycles. The van der Waals surface area contributed by atoms with Crippen LogP contribution in [0.15, 0.2) is 108 Å². The van der Waals surface area contributed by atoms with Gasteiger partial charge in [0.15, 0.2) is 21.3 Å². The lowest BCUT2D eigenvalue weighted by Gasteiger charge is -2.27. The Morgan fingerprint density at radius 2 is 1.48 bits per heavy atom. The van der Waals surface area contributed by atoms with E-state index in [1.807, 2.05) is 60.7 Å². The Morgan fingerprint density at radius 1 is 0.810 bits per heavy atom. The summed E-state index contributed by atoms with van der Waals surface area (Å²) in [5.74, 6) is -0.827. The van der Waals surface area contributed by atoms with Gasteiger partial charge in [0.1, 0.15) is 17.6 Å². The zero-order valence-electron chi connectivity index (χ0n) is 23.6. The third-order valence-electron chi connectivity index (χ3n) is 7.09. The van der Waals surface area contributed by atoms with Crippen LogP contribution in [0.4, 0.5) is 0 Å². The molecule has 2 atom stereocenters. The van der Waals surface area contributed by atoms with Gasteiger partial charge in [-0.15, -0.1) is 0 Å². The lowest BCUT2D eigenvalue weighted by Crippen LogP contribution is -2.35. The Labute approximate surface area is 246 Å². The summed E-state index contributed by atoms with van der Waals surface area (Å²) in [6, 6.07) is 30.4. The molecule has 1 amide bonds. The second-order valence-corrected chi connectivity index (χ2v) is 11.9. The van der Waals surface area contributed by atoms with Crippen LogP contribution in [0.1, 0.15) is 34.8 Å². The van der Waals surface area contributed by atoms with E-state index in [4.69, 9.17) is 14.2 Å². The minimum absolute atomic E-state index is 0.0421. The number of carbonyl (C=O) groups is 1.